The van der Waals surface area contributed by atoms with Crippen molar-refractivity contribution in [3.05, 3.63) is 82.8 Å². The molecule has 0 bridgehead atoms. The number of allylic oxidation sites excluding steroid dienone is 1. The van der Waals surface area contributed by atoms with Crippen molar-refractivity contribution in [2.24, 2.45) is 0 Å². The van der Waals surface area contributed by atoms with E-state index in [0.29, 0.717) is 12.1 Å². The highest BCUT2D eigenvalue weighted by Crippen LogP contribution is 2.28. The summed E-state index contributed by atoms with van der Waals surface area (Å²) in [6.45, 7) is 1.47. The average molecular weight is 407 g/mol. The second kappa shape index (κ2) is 9.26. The van der Waals surface area contributed by atoms with Crippen molar-refractivity contribution in [1.29, 1.82) is 0 Å². The van der Waals surface area contributed by atoms with E-state index in [1.54, 1.807) is 22.8 Å². The Morgan fingerprint density at radius 2 is 1.90 bits per heavy atom. The lowest BCUT2D eigenvalue weighted by atomic mass is 9.97. The van der Waals surface area contributed by atoms with Crippen LogP contribution in [0.25, 0.3) is 10.9 Å². The smallest absolute Gasteiger partial charge is 0.352 e. The number of hydrogen-bond acceptors (Lipinski definition) is 2. The van der Waals surface area contributed by atoms with Crippen LogP contribution in [-0.2, 0) is 13.1 Å². The molecule has 5 heteroatoms. The number of carboxylic acids is 1. The number of carboxylic acid groups (broad SMARTS) is 1. The quantitative estimate of drug-likeness (QED) is 0.383. The van der Waals surface area contributed by atoms with Gasteiger partial charge in [0, 0.05) is 28.6 Å². The van der Waals surface area contributed by atoms with E-state index in [9.17, 15) is 14.3 Å². The predicted molar refractivity (Wildman–Crippen MR) is 117 cm³/mol. The minimum absolute atomic E-state index is 0.182. The van der Waals surface area contributed by atoms with Gasteiger partial charge in [0.15, 0.2) is 0 Å². The van der Waals surface area contributed by atoms with E-state index in [2.05, 4.69) is 11.4 Å². The zero-order chi connectivity index (χ0) is 20.9. The van der Waals surface area contributed by atoms with Crippen LogP contribution in [0.5, 0.6) is 0 Å². The molecule has 0 radical (unpaired) electrons. The number of nitrogens with zero attached hydrogens (tertiary/aromatic N) is 1. The van der Waals surface area contributed by atoms with Crippen LogP contribution in [0.15, 0.2) is 60.2 Å². The van der Waals surface area contributed by atoms with Crippen molar-refractivity contribution in [3.63, 3.8) is 0 Å². The van der Waals surface area contributed by atoms with Crippen molar-refractivity contribution in [2.45, 2.75) is 45.2 Å². The molecule has 4 nitrogen and oxygen atoms in total. The zero-order valence-corrected chi connectivity index (χ0v) is 17.0. The highest BCUT2D eigenvalue weighted by molar-refractivity contribution is 5.98. The molecular weight excluding hydrogens is 379 g/mol. The second-order valence-corrected chi connectivity index (χ2v) is 7.86. The van der Waals surface area contributed by atoms with Crippen molar-refractivity contribution in [3.8, 4) is 0 Å². The second-order valence-electron chi connectivity index (χ2n) is 7.86. The molecule has 2 N–H and O–H groups in total. The van der Waals surface area contributed by atoms with Gasteiger partial charge in [-0.25, -0.2) is 9.18 Å². The first-order chi connectivity index (χ1) is 14.6. The van der Waals surface area contributed by atoms with Gasteiger partial charge >= 0.3 is 5.97 Å². The summed E-state index contributed by atoms with van der Waals surface area (Å²) in [6, 6.07) is 14.2. The Bertz CT molecular complexity index is 1080. The maximum atomic E-state index is 14.3. The van der Waals surface area contributed by atoms with Crippen LogP contribution in [-0.4, -0.2) is 22.2 Å². The van der Waals surface area contributed by atoms with Gasteiger partial charge in [0.1, 0.15) is 11.5 Å². The topological polar surface area (TPSA) is 54.3 Å². The van der Waals surface area contributed by atoms with E-state index in [-0.39, 0.29) is 18.1 Å². The van der Waals surface area contributed by atoms with Gasteiger partial charge in [0.05, 0.1) is 6.54 Å². The number of hydrogen-bond donors (Lipinski definition) is 2. The van der Waals surface area contributed by atoms with Crippen LogP contribution in [0, 0.1) is 5.82 Å². The summed E-state index contributed by atoms with van der Waals surface area (Å²) in [6.07, 6.45) is 8.22. The maximum Gasteiger partial charge on any atom is 0.352 e. The molecule has 3 aromatic rings. The number of carbonyl (C=O) groups is 1. The minimum atomic E-state index is -0.991. The predicted octanol–water partition coefficient (Wildman–Crippen LogP) is 5.51. The van der Waals surface area contributed by atoms with E-state index >= 15 is 0 Å². The third-order valence-electron chi connectivity index (χ3n) is 5.87. The van der Waals surface area contributed by atoms with Crippen LogP contribution in [0.3, 0.4) is 0 Å². The molecule has 156 valence electrons. The average Bonchev–Trinajstić information content (AvgIpc) is 3.07. The maximum absolute atomic E-state index is 14.3. The SMILES string of the molecule is O=C(O)c1c(CNCCC2=CCCCC2)c2ccccc2n1Cc1ccccc1F. The van der Waals surface area contributed by atoms with Gasteiger partial charge in [-0.2, -0.15) is 0 Å². The summed E-state index contributed by atoms with van der Waals surface area (Å²) in [5, 5.41) is 14.3. The number of nitrogens with one attached hydrogen (secondary N) is 1. The molecule has 30 heavy (non-hydrogen) atoms. The van der Waals surface area contributed by atoms with Crippen LogP contribution in [0.1, 0.15) is 53.7 Å². The van der Waals surface area contributed by atoms with Crippen molar-refractivity contribution < 1.29 is 14.3 Å². The monoisotopic (exact) mass is 406 g/mol. The number of aromatic nitrogens is 1. The summed E-state index contributed by atoms with van der Waals surface area (Å²) in [7, 11) is 0. The fourth-order valence-electron chi connectivity index (χ4n) is 4.35. The number of aromatic carboxylic acids is 1. The van der Waals surface area contributed by atoms with Crippen LogP contribution in [0.4, 0.5) is 4.39 Å². The van der Waals surface area contributed by atoms with Gasteiger partial charge in [-0.15, -0.1) is 0 Å². The third-order valence-corrected chi connectivity index (χ3v) is 5.87. The molecule has 0 saturated heterocycles. The molecule has 4 rings (SSSR count). The molecule has 0 atom stereocenters. The standard InChI is InChI=1S/C25H27FN2O2/c26-22-12-6-4-10-19(22)17-28-23-13-7-5-11-20(23)21(24(28)25(29)30)16-27-15-14-18-8-2-1-3-9-18/h4-8,10-13,27H,1-3,9,14-17H2,(H,29,30). The van der Waals surface area contributed by atoms with Crippen molar-refractivity contribution in [1.82, 2.24) is 9.88 Å². The number of benzene rings is 2. The Labute approximate surface area is 176 Å². The van der Waals surface area contributed by atoms with Crippen LogP contribution in [0.2, 0.25) is 0 Å². The summed E-state index contributed by atoms with van der Waals surface area (Å²) in [5.41, 5.74) is 3.76. The summed E-state index contributed by atoms with van der Waals surface area (Å²) < 4.78 is 16.0. The molecule has 1 heterocycles. The molecule has 1 aliphatic rings. The Kier molecular flexibility index (Phi) is 6.29. The van der Waals surface area contributed by atoms with E-state index in [0.717, 1.165) is 29.4 Å². The molecule has 0 unspecified atom stereocenters. The van der Waals surface area contributed by atoms with Gasteiger partial charge in [0.2, 0.25) is 0 Å². The summed E-state index contributed by atoms with van der Waals surface area (Å²) in [5.74, 6) is -1.32. The number of fused-ring (bicyclic) bond motifs is 1. The van der Waals surface area contributed by atoms with Gasteiger partial charge in [-0.3, -0.25) is 0 Å². The third kappa shape index (κ3) is 4.31. The highest BCUT2D eigenvalue weighted by Gasteiger charge is 2.22. The molecule has 0 spiro atoms. The fraction of sp³-hybridized carbons (Fsp3) is 0.320. The van der Waals surface area contributed by atoms with E-state index in [1.807, 2.05) is 24.3 Å². The van der Waals surface area contributed by atoms with E-state index < -0.39 is 5.97 Å². The first-order valence-electron chi connectivity index (χ1n) is 10.6. The zero-order valence-electron chi connectivity index (χ0n) is 17.0. The summed E-state index contributed by atoms with van der Waals surface area (Å²) in [4.78, 5) is 12.2. The Balaban J connectivity index is 1.62. The highest BCUT2D eigenvalue weighted by atomic mass is 19.1. The van der Waals surface area contributed by atoms with Crippen LogP contribution >= 0.6 is 0 Å². The van der Waals surface area contributed by atoms with Gasteiger partial charge < -0.3 is 15.0 Å². The molecular formula is C25H27FN2O2. The Morgan fingerprint density at radius 1 is 1.10 bits per heavy atom. The lowest BCUT2D eigenvalue weighted by Crippen LogP contribution is -2.19. The lowest BCUT2D eigenvalue weighted by Gasteiger charge is -2.13. The van der Waals surface area contributed by atoms with Crippen molar-refractivity contribution >= 4 is 16.9 Å². The van der Waals surface area contributed by atoms with Gasteiger partial charge in [-0.05, 0) is 50.8 Å². The van der Waals surface area contributed by atoms with Gasteiger partial charge in [-0.1, -0.05) is 48.0 Å². The molecule has 0 saturated carbocycles. The first-order valence-corrected chi connectivity index (χ1v) is 10.6. The number of rotatable bonds is 8. The minimum Gasteiger partial charge on any atom is -0.477 e. The number of para-hydroxylation sites is 1. The molecule has 1 aromatic heterocycles. The first kappa shape index (κ1) is 20.4. The van der Waals surface area contributed by atoms with Crippen LogP contribution < -0.4 is 5.32 Å². The fourth-order valence-corrected chi connectivity index (χ4v) is 4.35. The Hall–Kier alpha value is -2.92. The molecule has 0 fully saturated rings. The Morgan fingerprint density at radius 3 is 2.67 bits per heavy atom. The molecule has 0 aliphatic heterocycles. The van der Waals surface area contributed by atoms with Crippen molar-refractivity contribution in [2.75, 3.05) is 6.54 Å². The largest absolute Gasteiger partial charge is 0.477 e. The van der Waals surface area contributed by atoms with Gasteiger partial charge in [0.25, 0.3) is 0 Å². The van der Waals surface area contributed by atoms with E-state index in [4.69, 9.17) is 0 Å². The van der Waals surface area contributed by atoms with E-state index in [1.165, 1.54) is 37.3 Å². The lowest BCUT2D eigenvalue weighted by molar-refractivity contribution is 0.0684. The summed E-state index contributed by atoms with van der Waals surface area (Å²) >= 11 is 0. The molecule has 0 amide bonds. The molecule has 2 aromatic carbocycles. The normalized spacial score (nSPS) is 14.1. The number of halogens is 1. The molecule has 1 aliphatic carbocycles.